The molecule has 0 atom stereocenters. The van der Waals surface area contributed by atoms with Crippen molar-refractivity contribution < 1.29 is 23.1 Å². The monoisotopic (exact) mass is 467 g/mol. The number of nitrogens with zero attached hydrogens (tertiary/aromatic N) is 1. The van der Waals surface area contributed by atoms with Crippen LogP contribution in [0.25, 0.3) is 0 Å². The highest BCUT2D eigenvalue weighted by Crippen LogP contribution is 2.29. The summed E-state index contributed by atoms with van der Waals surface area (Å²) in [5, 5.41) is 15.5. The third-order valence-electron chi connectivity index (χ3n) is 5.02. The molecule has 0 spiro atoms. The number of phenolic OH excluding ortho intramolecular Hbond substituents is 1. The molecule has 0 heterocycles. The van der Waals surface area contributed by atoms with E-state index in [4.69, 9.17) is 0 Å². The van der Waals surface area contributed by atoms with Crippen LogP contribution in [-0.2, 0) is 10.0 Å². The normalized spacial score (nSPS) is 11.2. The Morgan fingerprint density at radius 1 is 0.818 bits per heavy atom. The molecule has 0 saturated heterocycles. The van der Waals surface area contributed by atoms with Crippen molar-refractivity contribution in [1.29, 1.82) is 0 Å². The van der Waals surface area contributed by atoms with Gasteiger partial charge in [-0.15, -0.1) is 0 Å². The molecule has 0 aliphatic carbocycles. The summed E-state index contributed by atoms with van der Waals surface area (Å²) < 4.78 is 26.9. The summed E-state index contributed by atoms with van der Waals surface area (Å²) in [5.41, 5.74) is 0.797. The van der Waals surface area contributed by atoms with Crippen molar-refractivity contribution in [3.63, 3.8) is 0 Å². The maximum atomic E-state index is 13.0. The molecular weight excluding hydrogens is 442 g/mol. The summed E-state index contributed by atoms with van der Waals surface area (Å²) in [6.07, 6.45) is 0. The molecule has 3 aromatic carbocycles. The molecule has 0 aliphatic rings. The van der Waals surface area contributed by atoms with Gasteiger partial charge in [0.15, 0.2) is 0 Å². The molecule has 0 saturated carbocycles. The zero-order chi connectivity index (χ0) is 24.0. The molecule has 2 amide bonds. The van der Waals surface area contributed by atoms with Crippen LogP contribution >= 0.6 is 0 Å². The van der Waals surface area contributed by atoms with Gasteiger partial charge in [0, 0.05) is 18.7 Å². The van der Waals surface area contributed by atoms with Crippen molar-refractivity contribution in [2.75, 3.05) is 23.7 Å². The van der Waals surface area contributed by atoms with E-state index in [1.807, 2.05) is 0 Å². The fourth-order valence-electron chi connectivity index (χ4n) is 3.25. The maximum absolute atomic E-state index is 13.0. The molecule has 0 aliphatic heterocycles. The number of carbonyl (C=O) groups excluding carboxylic acids is 2. The first kappa shape index (κ1) is 24.0. The third kappa shape index (κ3) is 5.39. The molecule has 0 fully saturated rings. The second-order valence-corrected chi connectivity index (χ2v) is 9.03. The Morgan fingerprint density at radius 3 is 2.09 bits per heavy atom. The lowest BCUT2D eigenvalue weighted by Crippen LogP contribution is -2.30. The fraction of sp³-hybridized carbons (Fsp3) is 0.167. The average Bonchev–Trinajstić information content (AvgIpc) is 2.81. The summed E-state index contributed by atoms with van der Waals surface area (Å²) in [6, 6.07) is 18.7. The zero-order valence-corrected chi connectivity index (χ0v) is 19.1. The smallest absolute Gasteiger partial charge is 0.257 e. The van der Waals surface area contributed by atoms with Gasteiger partial charge in [-0.2, -0.15) is 4.31 Å². The first-order chi connectivity index (χ1) is 15.8. The van der Waals surface area contributed by atoms with E-state index in [-0.39, 0.29) is 46.6 Å². The van der Waals surface area contributed by atoms with Crippen molar-refractivity contribution in [3.8, 4) is 5.75 Å². The van der Waals surface area contributed by atoms with Crippen molar-refractivity contribution >= 4 is 33.2 Å². The van der Waals surface area contributed by atoms with E-state index < -0.39 is 15.9 Å². The van der Waals surface area contributed by atoms with Crippen LogP contribution in [0.5, 0.6) is 5.75 Å². The second kappa shape index (κ2) is 10.3. The number of benzene rings is 3. The topological polar surface area (TPSA) is 116 Å². The molecule has 0 radical (unpaired) electrons. The predicted molar refractivity (Wildman–Crippen MR) is 127 cm³/mol. The molecule has 0 unspecified atom stereocenters. The zero-order valence-electron chi connectivity index (χ0n) is 18.3. The van der Waals surface area contributed by atoms with E-state index in [0.29, 0.717) is 5.56 Å². The van der Waals surface area contributed by atoms with Gasteiger partial charge in [0.05, 0.1) is 21.8 Å². The molecule has 9 heteroatoms. The van der Waals surface area contributed by atoms with E-state index in [1.165, 1.54) is 28.6 Å². The van der Waals surface area contributed by atoms with Crippen LogP contribution in [0.1, 0.15) is 34.6 Å². The largest absolute Gasteiger partial charge is 0.506 e. The Morgan fingerprint density at radius 2 is 1.42 bits per heavy atom. The number of para-hydroxylation sites is 1. The number of nitrogens with one attached hydrogen (secondary N) is 2. The Labute approximate surface area is 192 Å². The summed E-state index contributed by atoms with van der Waals surface area (Å²) in [6.45, 7) is 4.03. The highest BCUT2D eigenvalue weighted by Gasteiger charge is 2.23. The minimum Gasteiger partial charge on any atom is -0.506 e. The van der Waals surface area contributed by atoms with Crippen molar-refractivity contribution in [2.45, 2.75) is 18.7 Å². The van der Waals surface area contributed by atoms with Crippen LogP contribution in [0.4, 0.5) is 11.4 Å². The van der Waals surface area contributed by atoms with Crippen LogP contribution in [0.15, 0.2) is 77.7 Å². The summed E-state index contributed by atoms with van der Waals surface area (Å²) in [5.74, 6) is -1.29. The molecular formula is C24H25N3O5S. The second-order valence-electron chi connectivity index (χ2n) is 7.09. The van der Waals surface area contributed by atoms with Gasteiger partial charge < -0.3 is 15.7 Å². The molecule has 3 rings (SSSR count). The molecule has 172 valence electrons. The number of amides is 2. The average molecular weight is 468 g/mol. The number of hydrogen-bond donors (Lipinski definition) is 3. The van der Waals surface area contributed by atoms with E-state index in [1.54, 1.807) is 62.4 Å². The lowest BCUT2D eigenvalue weighted by Gasteiger charge is -2.19. The van der Waals surface area contributed by atoms with Gasteiger partial charge in [-0.3, -0.25) is 9.59 Å². The Bertz CT molecular complexity index is 1260. The predicted octanol–water partition coefficient (Wildman–Crippen LogP) is 3.93. The summed E-state index contributed by atoms with van der Waals surface area (Å²) in [4.78, 5) is 25.5. The SMILES string of the molecule is CCN(CC)S(=O)(=O)c1ccc(O)c(NC(=O)c2ccccc2NC(=O)c2ccccc2)c1. The van der Waals surface area contributed by atoms with Crippen LogP contribution in [0.2, 0.25) is 0 Å². The molecule has 8 nitrogen and oxygen atoms in total. The molecule has 3 N–H and O–H groups in total. The number of aromatic hydroxyl groups is 1. The van der Waals surface area contributed by atoms with E-state index in [2.05, 4.69) is 10.6 Å². The lowest BCUT2D eigenvalue weighted by atomic mass is 10.1. The highest BCUT2D eigenvalue weighted by atomic mass is 32.2. The van der Waals surface area contributed by atoms with Gasteiger partial charge in [-0.05, 0) is 42.5 Å². The Kier molecular flexibility index (Phi) is 7.47. The summed E-state index contributed by atoms with van der Waals surface area (Å²) >= 11 is 0. The van der Waals surface area contributed by atoms with E-state index >= 15 is 0 Å². The van der Waals surface area contributed by atoms with E-state index in [0.717, 1.165) is 0 Å². The molecule has 0 bridgehead atoms. The van der Waals surface area contributed by atoms with Crippen LogP contribution in [0, 0.1) is 0 Å². The minimum absolute atomic E-state index is 0.0510. The molecule has 3 aromatic rings. The van der Waals surface area contributed by atoms with Gasteiger partial charge in [0.2, 0.25) is 10.0 Å². The lowest BCUT2D eigenvalue weighted by molar-refractivity contribution is 0.102. The Balaban J connectivity index is 1.87. The standard InChI is InChI=1S/C24H25N3O5S/c1-3-27(4-2)33(31,32)18-14-15-22(28)21(16-18)26-24(30)19-12-8-9-13-20(19)25-23(29)17-10-6-5-7-11-17/h5-16,28H,3-4H2,1-2H3,(H,25,29)(H,26,30). The quantitative estimate of drug-likeness (QED) is 0.434. The van der Waals surface area contributed by atoms with E-state index in [9.17, 15) is 23.1 Å². The number of sulfonamides is 1. The van der Waals surface area contributed by atoms with Gasteiger partial charge in [-0.25, -0.2) is 8.42 Å². The number of carbonyl (C=O) groups is 2. The number of anilines is 2. The summed E-state index contributed by atoms with van der Waals surface area (Å²) in [7, 11) is -3.78. The van der Waals surface area contributed by atoms with Crippen molar-refractivity contribution in [1.82, 2.24) is 4.31 Å². The number of hydrogen-bond acceptors (Lipinski definition) is 5. The minimum atomic E-state index is -3.78. The van der Waals surface area contributed by atoms with Crippen LogP contribution < -0.4 is 10.6 Å². The first-order valence-electron chi connectivity index (χ1n) is 10.4. The fourth-order valence-corrected chi connectivity index (χ4v) is 4.74. The van der Waals surface area contributed by atoms with Crippen molar-refractivity contribution in [3.05, 3.63) is 83.9 Å². The number of rotatable bonds is 8. The van der Waals surface area contributed by atoms with Gasteiger partial charge in [-0.1, -0.05) is 44.2 Å². The van der Waals surface area contributed by atoms with Gasteiger partial charge >= 0.3 is 0 Å². The first-order valence-corrected chi connectivity index (χ1v) is 11.8. The molecule has 33 heavy (non-hydrogen) atoms. The third-order valence-corrected chi connectivity index (χ3v) is 7.06. The van der Waals surface area contributed by atoms with Crippen LogP contribution in [-0.4, -0.2) is 42.7 Å². The Hall–Kier alpha value is -3.69. The van der Waals surface area contributed by atoms with Crippen LogP contribution in [0.3, 0.4) is 0 Å². The van der Waals surface area contributed by atoms with Gasteiger partial charge in [0.1, 0.15) is 5.75 Å². The highest BCUT2D eigenvalue weighted by molar-refractivity contribution is 7.89. The molecule has 0 aromatic heterocycles. The maximum Gasteiger partial charge on any atom is 0.257 e. The van der Waals surface area contributed by atoms with Gasteiger partial charge in [0.25, 0.3) is 11.8 Å². The number of phenols is 1. The van der Waals surface area contributed by atoms with Crippen molar-refractivity contribution in [2.24, 2.45) is 0 Å².